The van der Waals surface area contributed by atoms with Gasteiger partial charge in [0.1, 0.15) is 12.4 Å². The van der Waals surface area contributed by atoms with Crippen LogP contribution in [-0.2, 0) is 21.0 Å². The van der Waals surface area contributed by atoms with Crippen molar-refractivity contribution >= 4 is 10.4 Å². The van der Waals surface area contributed by atoms with Crippen molar-refractivity contribution in [3.63, 3.8) is 0 Å². The molecular weight excluding hydrogens is 351 g/mol. The first-order chi connectivity index (χ1) is 11.4. The maximum absolute atomic E-state index is 10.4. The van der Waals surface area contributed by atoms with Crippen molar-refractivity contribution in [1.29, 1.82) is 0 Å². The van der Waals surface area contributed by atoms with Crippen molar-refractivity contribution in [3.05, 3.63) is 29.3 Å². The van der Waals surface area contributed by atoms with Gasteiger partial charge in [0, 0.05) is 0 Å². The van der Waals surface area contributed by atoms with Crippen LogP contribution in [0.3, 0.4) is 0 Å². The average molecular weight is 380 g/mol. The Morgan fingerprint density at radius 2 is 1.64 bits per heavy atom. The zero-order valence-electron chi connectivity index (χ0n) is 15.8. The Labute approximate surface area is 174 Å². The normalized spacial score (nSPS) is 11.2. The molecule has 25 heavy (non-hydrogen) atoms. The molecule has 0 aliphatic rings. The molecule has 1 aromatic rings. The summed E-state index contributed by atoms with van der Waals surface area (Å²) in [6, 6.07) is 5.93. The molecule has 0 saturated carbocycles. The summed E-state index contributed by atoms with van der Waals surface area (Å²) < 4.78 is 40.9. The standard InChI is InChI=1S/C18H30O5S.Na/c1-3-4-5-6-7-8-9-10-17-15-16(2)11-12-18(17)22-13-14-23-24(19,20)21;/h11-12,15H,3-10,13-14H2,1-2H3,(H,19,20,21);/q;+1/p-1. The first kappa shape index (κ1) is 24.9. The molecule has 0 aromatic heterocycles. The van der Waals surface area contributed by atoms with E-state index in [0.717, 1.165) is 24.2 Å². The van der Waals surface area contributed by atoms with Gasteiger partial charge in [-0.25, -0.2) is 8.42 Å². The molecule has 0 atom stereocenters. The van der Waals surface area contributed by atoms with Gasteiger partial charge in [0.05, 0.1) is 6.61 Å². The van der Waals surface area contributed by atoms with Crippen molar-refractivity contribution in [1.82, 2.24) is 0 Å². The summed E-state index contributed by atoms with van der Waals surface area (Å²) in [5, 5.41) is 0. The Kier molecular flexibility index (Phi) is 13.9. The Morgan fingerprint density at radius 1 is 1.00 bits per heavy atom. The van der Waals surface area contributed by atoms with Gasteiger partial charge in [-0.15, -0.1) is 0 Å². The van der Waals surface area contributed by atoms with E-state index in [0.29, 0.717) is 0 Å². The SMILES string of the molecule is CCCCCCCCCc1cc(C)ccc1OCCOS(=O)(=O)[O-].[Na+]. The number of hydrogen-bond acceptors (Lipinski definition) is 5. The smallest absolute Gasteiger partial charge is 0.726 e. The molecule has 0 aliphatic carbocycles. The molecule has 0 radical (unpaired) electrons. The summed E-state index contributed by atoms with van der Waals surface area (Å²) >= 11 is 0. The van der Waals surface area contributed by atoms with Gasteiger partial charge in [-0.2, -0.15) is 0 Å². The van der Waals surface area contributed by atoms with Crippen molar-refractivity contribution in [2.24, 2.45) is 0 Å². The predicted octanol–water partition coefficient (Wildman–Crippen LogP) is 1.15. The molecule has 0 saturated heterocycles. The van der Waals surface area contributed by atoms with Gasteiger partial charge in [0.15, 0.2) is 0 Å². The Bertz CT molecular complexity index is 575. The topological polar surface area (TPSA) is 75.7 Å². The van der Waals surface area contributed by atoms with Crippen LogP contribution in [0, 0.1) is 6.92 Å². The Hall–Kier alpha value is -0.110. The number of benzene rings is 1. The van der Waals surface area contributed by atoms with E-state index in [1.807, 2.05) is 19.1 Å². The van der Waals surface area contributed by atoms with Gasteiger partial charge >= 0.3 is 29.6 Å². The fourth-order valence-electron chi connectivity index (χ4n) is 2.60. The number of unbranched alkanes of at least 4 members (excludes halogenated alkanes) is 6. The minimum absolute atomic E-state index is 0. The molecule has 0 heterocycles. The van der Waals surface area contributed by atoms with Gasteiger partial charge in [0.2, 0.25) is 10.4 Å². The van der Waals surface area contributed by atoms with Crippen molar-refractivity contribution in [2.75, 3.05) is 13.2 Å². The third-order valence-electron chi connectivity index (χ3n) is 3.83. The third-order valence-corrected chi connectivity index (χ3v) is 4.29. The number of aryl methyl sites for hydroxylation is 2. The third kappa shape index (κ3) is 12.8. The van der Waals surface area contributed by atoms with Gasteiger partial charge in [-0.05, 0) is 31.4 Å². The Balaban J connectivity index is 0.00000576. The monoisotopic (exact) mass is 380 g/mol. The van der Waals surface area contributed by atoms with E-state index in [4.69, 9.17) is 4.74 Å². The van der Waals surface area contributed by atoms with E-state index >= 15 is 0 Å². The maximum atomic E-state index is 10.4. The molecule has 7 heteroatoms. The summed E-state index contributed by atoms with van der Waals surface area (Å²) in [6.45, 7) is 4.02. The Morgan fingerprint density at radius 3 is 2.28 bits per heavy atom. The second kappa shape index (κ2) is 14.0. The van der Waals surface area contributed by atoms with Crippen LogP contribution in [0.1, 0.15) is 63.0 Å². The molecule has 0 unspecified atom stereocenters. The van der Waals surface area contributed by atoms with E-state index in [9.17, 15) is 13.0 Å². The van der Waals surface area contributed by atoms with Crippen LogP contribution in [0.15, 0.2) is 18.2 Å². The van der Waals surface area contributed by atoms with E-state index in [-0.39, 0.29) is 42.8 Å². The molecule has 5 nitrogen and oxygen atoms in total. The van der Waals surface area contributed by atoms with Crippen LogP contribution in [0.25, 0.3) is 0 Å². The first-order valence-electron chi connectivity index (χ1n) is 8.75. The second-order valence-electron chi connectivity index (χ2n) is 6.06. The molecule has 0 amide bonds. The van der Waals surface area contributed by atoms with Crippen molar-refractivity contribution in [3.8, 4) is 5.75 Å². The minimum Gasteiger partial charge on any atom is -0.726 e. The summed E-state index contributed by atoms with van der Waals surface area (Å²) in [5.41, 5.74) is 2.28. The zero-order valence-corrected chi connectivity index (χ0v) is 18.6. The molecular formula is C18H29NaO5S. The van der Waals surface area contributed by atoms with Gasteiger partial charge in [-0.1, -0.05) is 63.1 Å². The fraction of sp³-hybridized carbons (Fsp3) is 0.667. The molecule has 0 N–H and O–H groups in total. The minimum atomic E-state index is -4.65. The summed E-state index contributed by atoms with van der Waals surface area (Å²) in [7, 11) is -4.65. The van der Waals surface area contributed by atoms with E-state index in [2.05, 4.69) is 17.2 Å². The number of rotatable bonds is 13. The fourth-order valence-corrected chi connectivity index (χ4v) is 2.88. The van der Waals surface area contributed by atoms with Crippen LogP contribution in [-0.4, -0.2) is 26.2 Å². The van der Waals surface area contributed by atoms with E-state index in [1.54, 1.807) is 0 Å². The van der Waals surface area contributed by atoms with E-state index in [1.165, 1.54) is 44.1 Å². The second-order valence-corrected chi connectivity index (χ2v) is 7.11. The van der Waals surface area contributed by atoms with Crippen LogP contribution in [0.4, 0.5) is 0 Å². The number of hydrogen-bond donors (Lipinski definition) is 0. The van der Waals surface area contributed by atoms with Gasteiger partial charge < -0.3 is 9.29 Å². The van der Waals surface area contributed by atoms with Gasteiger partial charge in [-0.3, -0.25) is 4.18 Å². The van der Waals surface area contributed by atoms with Gasteiger partial charge in [0.25, 0.3) is 0 Å². The molecule has 0 spiro atoms. The van der Waals surface area contributed by atoms with Crippen LogP contribution >= 0.6 is 0 Å². The van der Waals surface area contributed by atoms with Crippen LogP contribution in [0.2, 0.25) is 0 Å². The summed E-state index contributed by atoms with van der Waals surface area (Å²) in [5.74, 6) is 0.735. The van der Waals surface area contributed by atoms with Crippen molar-refractivity contribution in [2.45, 2.75) is 65.2 Å². The molecule has 1 rings (SSSR count). The summed E-state index contributed by atoms with van der Waals surface area (Å²) in [6.07, 6.45) is 9.71. The van der Waals surface area contributed by atoms with E-state index < -0.39 is 10.4 Å². The average Bonchev–Trinajstić information content (AvgIpc) is 2.51. The van der Waals surface area contributed by atoms with Crippen LogP contribution in [0.5, 0.6) is 5.75 Å². The van der Waals surface area contributed by atoms with Crippen LogP contribution < -0.4 is 34.3 Å². The maximum Gasteiger partial charge on any atom is 1.00 e. The first-order valence-corrected chi connectivity index (χ1v) is 10.1. The molecule has 138 valence electrons. The predicted molar refractivity (Wildman–Crippen MR) is 94.0 cm³/mol. The summed E-state index contributed by atoms with van der Waals surface area (Å²) in [4.78, 5) is 0. The van der Waals surface area contributed by atoms with Crippen molar-refractivity contribution < 1.29 is 51.4 Å². The zero-order chi connectivity index (χ0) is 17.8. The molecule has 0 aliphatic heterocycles. The molecule has 0 fully saturated rings. The largest absolute Gasteiger partial charge is 1.00 e. The molecule has 0 bridgehead atoms. The number of ether oxygens (including phenoxy) is 1. The quantitative estimate of drug-likeness (QED) is 0.222. The molecule has 1 aromatic carbocycles.